The first-order valence-electron chi connectivity index (χ1n) is 12.3. The van der Waals surface area contributed by atoms with Gasteiger partial charge in [-0.15, -0.1) is 0 Å². The van der Waals surface area contributed by atoms with Gasteiger partial charge in [-0.05, 0) is 82.3 Å². The summed E-state index contributed by atoms with van der Waals surface area (Å²) in [5.74, 6) is 0.630. The lowest BCUT2D eigenvalue weighted by atomic mass is 9.68. The number of carbonyl (C=O) groups excluding carboxylic acids is 1. The first-order valence-corrected chi connectivity index (χ1v) is 12.3. The zero-order valence-electron chi connectivity index (χ0n) is 19.8. The molecule has 0 bridgehead atoms. The molecule has 2 aromatic rings. The van der Waals surface area contributed by atoms with Gasteiger partial charge >= 0.3 is 6.03 Å². The zero-order valence-corrected chi connectivity index (χ0v) is 19.8. The minimum atomic E-state index is -0.135. The normalized spacial score (nSPS) is 27.8. The topological polar surface area (TPSA) is 50.6 Å². The number of carbonyl (C=O) groups is 1. The molecule has 3 aliphatic rings. The molecule has 3 fully saturated rings. The third kappa shape index (κ3) is 3.71. The maximum atomic E-state index is 13.8. The largest absolute Gasteiger partial charge is 0.325 e. The van der Waals surface area contributed by atoms with E-state index in [0.29, 0.717) is 18.0 Å². The molecule has 172 valence electrons. The maximum absolute atomic E-state index is 13.8. The van der Waals surface area contributed by atoms with Gasteiger partial charge < -0.3 is 4.90 Å². The average Bonchev–Trinajstić information content (AvgIpc) is 3.08. The van der Waals surface area contributed by atoms with Gasteiger partial charge in [0.2, 0.25) is 0 Å². The van der Waals surface area contributed by atoms with Crippen molar-refractivity contribution in [3.8, 4) is 6.07 Å². The fourth-order valence-corrected chi connectivity index (χ4v) is 6.25. The molecule has 2 aliphatic carbocycles. The van der Waals surface area contributed by atoms with Gasteiger partial charge in [0.05, 0.1) is 23.7 Å². The Hall–Kier alpha value is -2.84. The Labute approximate surface area is 197 Å². The van der Waals surface area contributed by atoms with Gasteiger partial charge in [-0.3, -0.25) is 9.80 Å². The minimum Gasteiger partial charge on any atom is -0.317 e. The molecule has 0 atom stereocenters. The van der Waals surface area contributed by atoms with Crippen LogP contribution in [-0.2, 0) is 5.54 Å². The van der Waals surface area contributed by atoms with Crippen LogP contribution < -0.4 is 4.90 Å². The molecule has 33 heavy (non-hydrogen) atoms. The molecule has 5 nitrogen and oxygen atoms in total. The van der Waals surface area contributed by atoms with Crippen molar-refractivity contribution in [2.24, 2.45) is 5.92 Å². The van der Waals surface area contributed by atoms with Crippen LogP contribution in [0, 0.1) is 17.2 Å². The smallest absolute Gasteiger partial charge is 0.317 e. The van der Waals surface area contributed by atoms with Crippen molar-refractivity contribution in [2.45, 2.75) is 56.0 Å². The van der Waals surface area contributed by atoms with Crippen LogP contribution in [-0.4, -0.2) is 48.6 Å². The molecule has 2 amide bonds. The molecule has 5 rings (SSSR count). The molecular formula is C28H34N4O. The quantitative estimate of drug-likeness (QED) is 0.625. The summed E-state index contributed by atoms with van der Waals surface area (Å²) in [4.78, 5) is 20.3. The number of rotatable bonds is 5. The Bertz CT molecular complexity index is 1050. The van der Waals surface area contributed by atoms with Gasteiger partial charge in [-0.25, -0.2) is 4.79 Å². The van der Waals surface area contributed by atoms with Gasteiger partial charge in [-0.1, -0.05) is 42.8 Å². The van der Waals surface area contributed by atoms with Crippen LogP contribution in [0.4, 0.5) is 10.5 Å². The highest BCUT2D eigenvalue weighted by molar-refractivity contribution is 5.95. The number of urea groups is 1. The lowest BCUT2D eigenvalue weighted by Gasteiger charge is -2.51. The number of amides is 2. The highest BCUT2D eigenvalue weighted by Gasteiger charge is 2.55. The van der Waals surface area contributed by atoms with E-state index in [4.69, 9.17) is 0 Å². The molecule has 1 aliphatic heterocycles. The van der Waals surface area contributed by atoms with Gasteiger partial charge in [0, 0.05) is 17.8 Å². The van der Waals surface area contributed by atoms with Crippen LogP contribution in [0.5, 0.6) is 0 Å². The summed E-state index contributed by atoms with van der Waals surface area (Å²) in [6.07, 6.45) is 7.80. The van der Waals surface area contributed by atoms with Crippen LogP contribution in [0.25, 0.3) is 0 Å². The fraction of sp³-hybridized carbons (Fsp3) is 0.500. The van der Waals surface area contributed by atoms with E-state index in [-0.39, 0.29) is 17.1 Å². The maximum Gasteiger partial charge on any atom is 0.325 e. The molecule has 0 aromatic heterocycles. The molecule has 0 unspecified atom stereocenters. The van der Waals surface area contributed by atoms with E-state index in [0.717, 1.165) is 37.9 Å². The molecule has 2 saturated carbocycles. The molecule has 5 heteroatoms. The standard InChI is InChI=1S/C28H34N4O/c1-30(2)28(24-11-4-3-5-12-24)16-14-27(15-17-28)21-31(25-13-7-10-23(18-25)19-29)26(33)32(27)20-22-8-6-9-22/h3-5,7,10-13,18,22H,6,8-9,14-17,20-21H2,1-2H3/t27-,28+. The second kappa shape index (κ2) is 8.50. The number of nitrogens with zero attached hydrogens (tertiary/aromatic N) is 4. The lowest BCUT2D eigenvalue weighted by Crippen LogP contribution is -2.56. The molecular weight excluding hydrogens is 408 g/mol. The van der Waals surface area contributed by atoms with Crippen LogP contribution >= 0.6 is 0 Å². The van der Waals surface area contributed by atoms with Crippen molar-refractivity contribution < 1.29 is 4.79 Å². The van der Waals surface area contributed by atoms with Gasteiger partial charge in [0.15, 0.2) is 0 Å². The Morgan fingerprint density at radius 2 is 1.76 bits per heavy atom. The van der Waals surface area contributed by atoms with E-state index in [9.17, 15) is 10.1 Å². The monoisotopic (exact) mass is 442 g/mol. The van der Waals surface area contributed by atoms with Gasteiger partial charge in [-0.2, -0.15) is 5.26 Å². The van der Waals surface area contributed by atoms with Crippen molar-refractivity contribution in [1.82, 2.24) is 9.80 Å². The molecule has 1 spiro atoms. The molecule has 1 heterocycles. The van der Waals surface area contributed by atoms with Crippen molar-refractivity contribution in [3.63, 3.8) is 0 Å². The second-order valence-electron chi connectivity index (χ2n) is 10.5. The Morgan fingerprint density at radius 1 is 1.03 bits per heavy atom. The lowest BCUT2D eigenvalue weighted by molar-refractivity contribution is 0.0172. The average molecular weight is 443 g/mol. The highest BCUT2D eigenvalue weighted by atomic mass is 16.2. The van der Waals surface area contributed by atoms with E-state index in [1.807, 2.05) is 23.1 Å². The molecule has 0 radical (unpaired) electrons. The SMILES string of the molecule is CN(C)[C@]1(c2ccccc2)CC[C@]2(CC1)CN(c1cccc(C#N)c1)C(=O)N2CC1CCC1. The summed E-state index contributed by atoms with van der Waals surface area (Å²) in [5, 5.41) is 9.37. The molecule has 0 N–H and O–H groups in total. The van der Waals surface area contributed by atoms with Crippen molar-refractivity contribution >= 4 is 11.7 Å². The first-order chi connectivity index (χ1) is 16.0. The van der Waals surface area contributed by atoms with Gasteiger partial charge in [0.1, 0.15) is 0 Å². The zero-order chi connectivity index (χ0) is 23.1. The van der Waals surface area contributed by atoms with Crippen molar-refractivity contribution in [3.05, 3.63) is 65.7 Å². The summed E-state index contributed by atoms with van der Waals surface area (Å²) >= 11 is 0. The summed E-state index contributed by atoms with van der Waals surface area (Å²) in [6, 6.07) is 20.7. The number of hydrogen-bond acceptors (Lipinski definition) is 3. The summed E-state index contributed by atoms with van der Waals surface area (Å²) in [7, 11) is 4.38. The Morgan fingerprint density at radius 3 is 2.36 bits per heavy atom. The third-order valence-corrected chi connectivity index (χ3v) is 8.61. The van der Waals surface area contributed by atoms with Crippen molar-refractivity contribution in [1.29, 1.82) is 5.26 Å². The van der Waals surface area contributed by atoms with Crippen LogP contribution in [0.3, 0.4) is 0 Å². The Kier molecular flexibility index (Phi) is 5.66. The second-order valence-corrected chi connectivity index (χ2v) is 10.5. The van der Waals surface area contributed by atoms with E-state index in [2.05, 4.69) is 60.3 Å². The summed E-state index contributed by atoms with van der Waals surface area (Å²) < 4.78 is 0. The minimum absolute atomic E-state index is 0.00580. The summed E-state index contributed by atoms with van der Waals surface area (Å²) in [6.45, 7) is 1.58. The number of hydrogen-bond donors (Lipinski definition) is 0. The Balaban J connectivity index is 1.46. The van der Waals surface area contributed by atoms with Crippen molar-refractivity contribution in [2.75, 3.05) is 32.1 Å². The predicted molar refractivity (Wildman–Crippen MR) is 131 cm³/mol. The number of benzene rings is 2. The van der Waals surface area contributed by atoms with Crippen LogP contribution in [0.1, 0.15) is 56.1 Å². The van der Waals surface area contributed by atoms with E-state index >= 15 is 0 Å². The molecule has 1 saturated heterocycles. The van der Waals surface area contributed by atoms with Crippen LogP contribution in [0.2, 0.25) is 0 Å². The summed E-state index contributed by atoms with van der Waals surface area (Å²) in [5.41, 5.74) is 2.70. The van der Waals surface area contributed by atoms with Crippen LogP contribution in [0.15, 0.2) is 54.6 Å². The van der Waals surface area contributed by atoms with E-state index in [1.54, 1.807) is 6.07 Å². The van der Waals surface area contributed by atoms with E-state index in [1.165, 1.54) is 24.8 Å². The van der Waals surface area contributed by atoms with E-state index < -0.39 is 0 Å². The number of nitriles is 1. The molecule has 2 aromatic carbocycles. The predicted octanol–water partition coefficient (Wildman–Crippen LogP) is 5.37. The first kappa shape index (κ1) is 22.0. The highest BCUT2D eigenvalue weighted by Crippen LogP contribution is 2.50. The number of anilines is 1. The fourth-order valence-electron chi connectivity index (χ4n) is 6.25. The van der Waals surface area contributed by atoms with Gasteiger partial charge in [0.25, 0.3) is 0 Å². The third-order valence-electron chi connectivity index (χ3n) is 8.61.